The number of aliphatic hydroxyl groups is 1. The van der Waals surface area contributed by atoms with Gasteiger partial charge >= 0.3 is 0 Å². The fourth-order valence-corrected chi connectivity index (χ4v) is 11.3. The van der Waals surface area contributed by atoms with Gasteiger partial charge in [-0.3, -0.25) is 0 Å². The van der Waals surface area contributed by atoms with Crippen LogP contribution < -0.4 is 0 Å². The van der Waals surface area contributed by atoms with E-state index in [1.807, 2.05) is 13.8 Å². The van der Waals surface area contributed by atoms with Crippen LogP contribution in [0.2, 0.25) is 0 Å². The molecule has 0 bridgehead atoms. The first kappa shape index (κ1) is 33.4. The summed E-state index contributed by atoms with van der Waals surface area (Å²) in [5.41, 5.74) is 1.40. The molecule has 5 aliphatic carbocycles. The fraction of sp³-hybridized carbons (Fsp3) is 1.00. The largest absolute Gasteiger partial charge is 0.393 e. The maximum absolute atomic E-state index is 10.6. The minimum absolute atomic E-state index is 0. The van der Waals surface area contributed by atoms with Crippen molar-refractivity contribution >= 4 is 0 Å². The second-order valence-electron chi connectivity index (χ2n) is 14.7. The van der Waals surface area contributed by atoms with Gasteiger partial charge in [-0.25, -0.2) is 0 Å². The molecule has 5 saturated carbocycles. The second kappa shape index (κ2) is 13.9. The summed E-state index contributed by atoms with van der Waals surface area (Å²) in [6, 6.07) is 0. The summed E-state index contributed by atoms with van der Waals surface area (Å²) in [5.74, 6) is 4.80. The first-order chi connectivity index (χ1) is 18.3. The monoisotopic (exact) mass is 549 g/mol. The lowest BCUT2D eigenvalue weighted by Gasteiger charge is -2.67. The molecule has 1 N–H and O–H groups in total. The van der Waals surface area contributed by atoms with E-state index in [0.29, 0.717) is 22.2 Å². The Morgan fingerprint density at radius 1 is 0.769 bits per heavy atom. The number of fused-ring (bicyclic) bond motifs is 7. The minimum Gasteiger partial charge on any atom is -0.393 e. The molecule has 0 spiro atoms. The van der Waals surface area contributed by atoms with Crippen LogP contribution in [-0.4, -0.2) is 30.7 Å². The molecule has 0 aromatic rings. The lowest BCUT2D eigenvalue weighted by molar-refractivity contribution is -0.214. The molecule has 1 aliphatic heterocycles. The SMILES string of the molecule is C.CC.CC1C(O)CCC2(C)C1CCC1(C)C3CCC4(COC5CCCCO5)CCCC4C3CCC21.CCC. The average molecular weight is 549 g/mol. The van der Waals surface area contributed by atoms with Crippen molar-refractivity contribution in [1.82, 2.24) is 0 Å². The van der Waals surface area contributed by atoms with Crippen LogP contribution >= 0.6 is 0 Å². The highest BCUT2D eigenvalue weighted by Gasteiger charge is 2.64. The van der Waals surface area contributed by atoms with Crippen LogP contribution in [0.25, 0.3) is 0 Å². The summed E-state index contributed by atoms with van der Waals surface area (Å²) >= 11 is 0. The molecule has 0 aromatic carbocycles. The van der Waals surface area contributed by atoms with E-state index < -0.39 is 0 Å². The van der Waals surface area contributed by atoms with Gasteiger partial charge in [-0.1, -0.05) is 68.7 Å². The van der Waals surface area contributed by atoms with Crippen LogP contribution in [0.5, 0.6) is 0 Å². The maximum Gasteiger partial charge on any atom is 0.157 e. The molecule has 1 heterocycles. The van der Waals surface area contributed by atoms with E-state index in [4.69, 9.17) is 9.47 Å². The van der Waals surface area contributed by atoms with Gasteiger partial charge in [0.25, 0.3) is 0 Å². The van der Waals surface area contributed by atoms with E-state index in [1.54, 1.807) is 0 Å². The molecule has 0 amide bonds. The molecule has 11 atom stereocenters. The fourth-order valence-electron chi connectivity index (χ4n) is 11.3. The zero-order chi connectivity index (χ0) is 27.6. The van der Waals surface area contributed by atoms with E-state index in [-0.39, 0.29) is 19.8 Å². The van der Waals surface area contributed by atoms with Crippen LogP contribution in [0.15, 0.2) is 0 Å². The van der Waals surface area contributed by atoms with Crippen LogP contribution in [0.3, 0.4) is 0 Å². The standard InChI is InChI=1S/C30H50O3.C3H8.C2H6.CH4/c1-20-22-11-15-29(3)23-12-17-30(19-33-27-8-4-5-18-32-27)14-6-7-24(30)21(23)9-10-26(29)28(22,2)16-13-25(20)31;1-3-2;1-2;/h20-27,31H,4-19H2,1-3H3;3H2,1-2H3;1-2H3;1H4. The topological polar surface area (TPSA) is 38.7 Å². The zero-order valence-corrected chi connectivity index (χ0v) is 26.4. The normalized spacial score (nSPS) is 48.3. The second-order valence-corrected chi connectivity index (χ2v) is 14.7. The van der Waals surface area contributed by atoms with E-state index in [2.05, 4.69) is 34.6 Å². The number of aliphatic hydroxyl groups excluding tert-OH is 1. The quantitative estimate of drug-likeness (QED) is 0.381. The highest BCUT2D eigenvalue weighted by Crippen LogP contribution is 2.71. The predicted molar refractivity (Wildman–Crippen MR) is 166 cm³/mol. The van der Waals surface area contributed by atoms with E-state index >= 15 is 0 Å². The van der Waals surface area contributed by atoms with Crippen molar-refractivity contribution in [3.05, 3.63) is 0 Å². The van der Waals surface area contributed by atoms with Crippen LogP contribution in [-0.2, 0) is 9.47 Å². The third-order valence-corrected chi connectivity index (χ3v) is 12.9. The van der Waals surface area contributed by atoms with Crippen LogP contribution in [0, 0.1) is 51.8 Å². The summed E-state index contributed by atoms with van der Waals surface area (Å²) in [6.45, 7) is 17.8. The lowest BCUT2D eigenvalue weighted by Crippen LogP contribution is -2.61. The van der Waals surface area contributed by atoms with E-state index in [1.165, 1.54) is 83.5 Å². The molecule has 6 aliphatic rings. The van der Waals surface area contributed by atoms with Gasteiger partial charge in [0.05, 0.1) is 12.7 Å². The lowest BCUT2D eigenvalue weighted by atomic mass is 9.37. The molecule has 6 rings (SSSR count). The van der Waals surface area contributed by atoms with Gasteiger partial charge in [-0.2, -0.15) is 0 Å². The number of rotatable bonds is 3. The molecule has 0 radical (unpaired) electrons. The number of hydrogen-bond donors (Lipinski definition) is 1. The van der Waals surface area contributed by atoms with Crippen LogP contribution in [0.1, 0.15) is 152 Å². The van der Waals surface area contributed by atoms with Gasteiger partial charge in [-0.05, 0) is 135 Å². The zero-order valence-electron chi connectivity index (χ0n) is 26.4. The van der Waals surface area contributed by atoms with Crippen molar-refractivity contribution in [2.24, 2.45) is 51.8 Å². The van der Waals surface area contributed by atoms with Crippen LogP contribution in [0.4, 0.5) is 0 Å². The summed E-state index contributed by atoms with van der Waals surface area (Å²) in [6.07, 6.45) is 19.8. The van der Waals surface area contributed by atoms with Crippen molar-refractivity contribution in [1.29, 1.82) is 0 Å². The molecule has 11 unspecified atom stereocenters. The van der Waals surface area contributed by atoms with Gasteiger partial charge < -0.3 is 14.6 Å². The Morgan fingerprint density at radius 2 is 1.44 bits per heavy atom. The molecule has 6 fully saturated rings. The summed E-state index contributed by atoms with van der Waals surface area (Å²) in [7, 11) is 0. The molecule has 0 aromatic heterocycles. The van der Waals surface area contributed by atoms with E-state index in [0.717, 1.165) is 55.6 Å². The molecule has 3 nitrogen and oxygen atoms in total. The molecule has 1 saturated heterocycles. The Labute approximate surface area is 244 Å². The Balaban J connectivity index is 0.000000658. The van der Waals surface area contributed by atoms with Crippen molar-refractivity contribution < 1.29 is 14.6 Å². The van der Waals surface area contributed by atoms with Gasteiger partial charge in [0.2, 0.25) is 0 Å². The highest BCUT2D eigenvalue weighted by molar-refractivity contribution is 5.13. The first-order valence-corrected chi connectivity index (χ1v) is 17.2. The molecular weight excluding hydrogens is 480 g/mol. The van der Waals surface area contributed by atoms with E-state index in [9.17, 15) is 5.11 Å². The Morgan fingerprint density at radius 3 is 2.13 bits per heavy atom. The number of ether oxygens (including phenoxy) is 2. The molecule has 230 valence electrons. The Bertz CT molecular complexity index is 733. The average Bonchev–Trinajstić information content (AvgIpc) is 3.37. The van der Waals surface area contributed by atoms with Gasteiger partial charge in [0.1, 0.15) is 0 Å². The molecule has 3 heteroatoms. The van der Waals surface area contributed by atoms with Crippen molar-refractivity contribution in [2.45, 2.75) is 165 Å². The predicted octanol–water partition coefficient (Wildman–Crippen LogP) is 10.0. The Hall–Kier alpha value is -0.120. The van der Waals surface area contributed by atoms with Gasteiger partial charge in [0.15, 0.2) is 6.29 Å². The summed E-state index contributed by atoms with van der Waals surface area (Å²) in [4.78, 5) is 0. The minimum atomic E-state index is -0.0642. The van der Waals surface area contributed by atoms with Crippen molar-refractivity contribution in [2.75, 3.05) is 13.2 Å². The third-order valence-electron chi connectivity index (χ3n) is 12.9. The molecule has 39 heavy (non-hydrogen) atoms. The summed E-state index contributed by atoms with van der Waals surface area (Å²) in [5, 5.41) is 10.6. The first-order valence-electron chi connectivity index (χ1n) is 17.2. The van der Waals surface area contributed by atoms with Crippen molar-refractivity contribution in [3.63, 3.8) is 0 Å². The van der Waals surface area contributed by atoms with Crippen molar-refractivity contribution in [3.8, 4) is 0 Å². The van der Waals surface area contributed by atoms with Gasteiger partial charge in [0, 0.05) is 6.61 Å². The molecular formula is C36H68O3. The summed E-state index contributed by atoms with van der Waals surface area (Å²) < 4.78 is 12.4. The number of hydrogen-bond acceptors (Lipinski definition) is 3. The third kappa shape index (κ3) is 6.04. The maximum atomic E-state index is 10.6. The highest BCUT2D eigenvalue weighted by atomic mass is 16.7. The smallest absolute Gasteiger partial charge is 0.157 e. The Kier molecular flexibility index (Phi) is 11.9. The van der Waals surface area contributed by atoms with Gasteiger partial charge in [-0.15, -0.1) is 0 Å².